The van der Waals surface area contributed by atoms with Gasteiger partial charge in [-0.25, -0.2) is 0 Å². The van der Waals surface area contributed by atoms with Crippen LogP contribution in [0.2, 0.25) is 0 Å². The topological polar surface area (TPSA) is 0 Å². The van der Waals surface area contributed by atoms with E-state index in [1.54, 1.807) is 0 Å². The predicted octanol–water partition coefficient (Wildman–Crippen LogP) is 18.7. The third-order valence-electron chi connectivity index (χ3n) is 9.57. The summed E-state index contributed by atoms with van der Waals surface area (Å²) >= 11 is 30.3. The lowest BCUT2D eigenvalue weighted by Crippen LogP contribution is -2.28. The Hall–Kier alpha value is 0.660. The van der Waals surface area contributed by atoms with Crippen LogP contribution in [-0.4, -0.2) is 0 Å². The molecule has 0 fully saturated rings. The third-order valence-corrected chi connectivity index (χ3v) is 29.8. The van der Waals surface area contributed by atoms with Crippen molar-refractivity contribution in [1.29, 1.82) is 0 Å². The Morgan fingerprint density at radius 1 is 0.393 bits per heavy atom. The number of allylic oxidation sites excluding steroid dienone is 15. The zero-order valence-corrected chi connectivity index (χ0v) is 41.1. The van der Waals surface area contributed by atoms with E-state index in [4.69, 9.17) is 0 Å². The average Bonchev–Trinajstić information content (AvgIpc) is 4.10. The maximum Gasteiger partial charge on any atom is 0.0700 e. The molecule has 16 heteroatoms. The molecule has 12 aliphatic rings. The van der Waals surface area contributed by atoms with Gasteiger partial charge >= 0.3 is 0 Å². The zero-order chi connectivity index (χ0) is 36.7. The van der Waals surface area contributed by atoms with Crippen LogP contribution >= 0.6 is 188 Å². The van der Waals surface area contributed by atoms with Crippen LogP contribution in [0.5, 0.6) is 0 Å². The van der Waals surface area contributed by atoms with Gasteiger partial charge in [0, 0.05) is 31.5 Å². The second-order valence-electron chi connectivity index (χ2n) is 12.5. The Kier molecular flexibility index (Phi) is 11.2. The number of thioether (sulfide) groups is 16. The summed E-state index contributed by atoms with van der Waals surface area (Å²) in [6, 6.07) is 0. The molecule has 4 aliphatic carbocycles. The molecular weight excluding hydrogens is 994 g/mol. The van der Waals surface area contributed by atoms with Gasteiger partial charge in [-0.05, 0) is 116 Å². The normalized spacial score (nSPS) is 28.7. The Labute approximate surface area is 394 Å². The Morgan fingerprint density at radius 3 is 1.46 bits per heavy atom. The molecule has 2 atom stereocenters. The zero-order valence-electron chi connectivity index (χ0n) is 28.1. The molecule has 0 saturated carbocycles. The summed E-state index contributed by atoms with van der Waals surface area (Å²) in [5, 5.41) is 27.4. The molecule has 0 spiro atoms. The van der Waals surface area contributed by atoms with Gasteiger partial charge in [0.15, 0.2) is 0 Å². The molecule has 0 aromatic carbocycles. The molecule has 0 saturated heterocycles. The summed E-state index contributed by atoms with van der Waals surface area (Å²) in [5.74, 6) is 0.362. The summed E-state index contributed by atoms with van der Waals surface area (Å²) in [4.78, 5) is 5.56. The lowest BCUT2D eigenvalue weighted by molar-refractivity contribution is 0.773. The van der Waals surface area contributed by atoms with Crippen molar-refractivity contribution in [2.45, 2.75) is 0 Å². The van der Waals surface area contributed by atoms with Crippen LogP contribution < -0.4 is 0 Å². The fourth-order valence-corrected chi connectivity index (χ4v) is 25.4. The van der Waals surface area contributed by atoms with E-state index in [1.165, 1.54) is 98.1 Å². The number of rotatable bonds is 4. The molecule has 0 nitrogen and oxygen atoms in total. The molecule has 0 aromatic heterocycles. The first-order valence-electron chi connectivity index (χ1n) is 16.9. The summed E-state index contributed by atoms with van der Waals surface area (Å²) in [5.41, 5.74) is 11.4. The number of hydrogen-bond acceptors (Lipinski definition) is 16. The van der Waals surface area contributed by atoms with Gasteiger partial charge in [-0.2, -0.15) is 0 Å². The Balaban J connectivity index is 0.993. The van der Waals surface area contributed by atoms with E-state index in [2.05, 4.69) is 101 Å². The van der Waals surface area contributed by atoms with Crippen molar-refractivity contribution >= 4 is 188 Å². The van der Waals surface area contributed by atoms with Crippen molar-refractivity contribution < 1.29 is 0 Å². The fourth-order valence-electron chi connectivity index (χ4n) is 7.31. The molecule has 0 amide bonds. The molecule has 56 heavy (non-hydrogen) atoms. The van der Waals surface area contributed by atoms with Crippen molar-refractivity contribution in [3.05, 3.63) is 199 Å². The van der Waals surface area contributed by atoms with Crippen LogP contribution in [0, 0.1) is 11.8 Å². The second kappa shape index (κ2) is 16.4. The first kappa shape index (κ1) is 38.3. The largest absolute Gasteiger partial charge is 0.0884 e. The molecule has 12 rings (SSSR count). The van der Waals surface area contributed by atoms with Crippen LogP contribution in [0.25, 0.3) is 0 Å². The minimum absolute atomic E-state index is 0.168. The lowest BCUT2D eigenvalue weighted by atomic mass is 9.62. The van der Waals surface area contributed by atoms with Crippen molar-refractivity contribution in [2.75, 3.05) is 0 Å². The molecule has 0 bridgehead atoms. The van der Waals surface area contributed by atoms with Gasteiger partial charge in [0.2, 0.25) is 0 Å². The molecule has 8 heterocycles. The summed E-state index contributed by atoms with van der Waals surface area (Å²) in [6.07, 6.45) is 15.1. The lowest BCUT2D eigenvalue weighted by Gasteiger charge is -2.42. The van der Waals surface area contributed by atoms with Gasteiger partial charge in [0.25, 0.3) is 0 Å². The first-order valence-corrected chi connectivity index (χ1v) is 30.7. The van der Waals surface area contributed by atoms with E-state index in [0.29, 0.717) is 0 Å². The molecule has 0 N–H and O–H groups in total. The maximum absolute atomic E-state index is 2.61. The van der Waals surface area contributed by atoms with E-state index in [1.807, 2.05) is 188 Å². The maximum atomic E-state index is 2.61. The summed E-state index contributed by atoms with van der Waals surface area (Å²) in [7, 11) is 0. The predicted molar refractivity (Wildman–Crippen MR) is 281 cm³/mol. The van der Waals surface area contributed by atoms with Crippen molar-refractivity contribution in [3.63, 3.8) is 0 Å². The first-order chi connectivity index (χ1) is 27.7. The van der Waals surface area contributed by atoms with Crippen LogP contribution in [0.15, 0.2) is 199 Å². The summed E-state index contributed by atoms with van der Waals surface area (Å²) < 4.78 is 11.2. The molecule has 0 radical (unpaired) electrons. The van der Waals surface area contributed by atoms with Gasteiger partial charge in [-0.1, -0.05) is 219 Å². The van der Waals surface area contributed by atoms with E-state index in [-0.39, 0.29) is 11.8 Å². The second-order valence-corrected chi connectivity index (χ2v) is 29.7. The highest BCUT2D eigenvalue weighted by atomic mass is 32.2. The third kappa shape index (κ3) is 6.93. The Morgan fingerprint density at radius 2 is 0.875 bits per heavy atom. The van der Waals surface area contributed by atoms with Crippen LogP contribution in [0.3, 0.4) is 0 Å². The van der Waals surface area contributed by atoms with Gasteiger partial charge in [0.05, 0.1) is 33.9 Å². The van der Waals surface area contributed by atoms with Crippen molar-refractivity contribution in [3.8, 4) is 0 Å². The van der Waals surface area contributed by atoms with Gasteiger partial charge < -0.3 is 0 Å². The molecule has 276 valence electrons. The van der Waals surface area contributed by atoms with E-state index in [9.17, 15) is 0 Å². The van der Waals surface area contributed by atoms with Crippen molar-refractivity contribution in [2.24, 2.45) is 11.8 Å². The van der Waals surface area contributed by atoms with Gasteiger partial charge in [0.1, 0.15) is 0 Å². The Bertz CT molecular complexity index is 2540. The summed E-state index contributed by atoms with van der Waals surface area (Å²) in [6.45, 7) is 0. The van der Waals surface area contributed by atoms with E-state index in [0.717, 1.165) is 0 Å². The SMILES string of the molecule is C1=CSC(=C2SC=C(C3=CC(C4=CSC(=C5SC=CS5)S4)=C4C=CC5=C6C(=CC=C3[C@@H]46)C(C3=CSC(=C4SC=CS4)S3)C=C5C3=CSC(=C4SC=CS4)S3)S2)S1. The van der Waals surface area contributed by atoms with E-state index >= 15 is 0 Å². The van der Waals surface area contributed by atoms with Crippen LogP contribution in [0.4, 0.5) is 0 Å². The minimum atomic E-state index is 0.168. The highest BCUT2D eigenvalue weighted by molar-refractivity contribution is 8.35. The molecule has 1 unspecified atom stereocenters. The smallest absolute Gasteiger partial charge is 0.0700 e. The van der Waals surface area contributed by atoms with E-state index < -0.39 is 0 Å². The van der Waals surface area contributed by atoms with Crippen LogP contribution in [-0.2, 0) is 0 Å². The minimum Gasteiger partial charge on any atom is -0.0884 e. The van der Waals surface area contributed by atoms with Crippen LogP contribution in [0.1, 0.15) is 0 Å². The molecular formula is C40H20S16. The fraction of sp³-hybridized carbons (Fsp3) is 0.0500. The standard InChI is InChI=1S/C40H20S16/c1-2-20-24(28-16-50-38(54-28)34-43-7-8-44-34)14-26(30-18-52-40(56-30)36-47-11-12-48-36)22-4-3-21-25(29-17-51-39(55-29)35-45-9-10-46-35)13-23(19(1)31(21)32(20)22)27-15-49-37(53-27)33-41-5-6-42-33/h1-18,23,32H/t23?,32-/m0/s1. The van der Waals surface area contributed by atoms with Gasteiger partial charge in [-0.15, -0.1) is 0 Å². The van der Waals surface area contributed by atoms with Gasteiger partial charge in [-0.3, -0.25) is 0 Å². The average molecular weight is 1010 g/mol. The highest BCUT2D eigenvalue weighted by Gasteiger charge is 2.45. The quantitative estimate of drug-likeness (QED) is 0.262. The highest BCUT2D eigenvalue weighted by Crippen LogP contribution is 2.65. The van der Waals surface area contributed by atoms with Crippen molar-refractivity contribution in [1.82, 2.24) is 0 Å². The molecule has 8 aliphatic heterocycles. The monoisotopic (exact) mass is 1010 g/mol. The number of hydrogen-bond donors (Lipinski definition) is 0. The molecule has 0 aromatic rings.